The maximum Gasteiger partial charge on any atom is 0.315 e. The Hall–Kier alpha value is -0.810. The highest BCUT2D eigenvalue weighted by Gasteiger charge is 2.34. The molecule has 1 saturated heterocycles. The molecule has 2 aliphatic carbocycles. The van der Waals surface area contributed by atoms with Gasteiger partial charge in [-0.3, -0.25) is 0 Å². The first-order valence-corrected chi connectivity index (χ1v) is 8.65. The highest BCUT2D eigenvalue weighted by atomic mass is 16.3. The summed E-state index contributed by atoms with van der Waals surface area (Å²) in [5, 5.41) is 15.9. The van der Waals surface area contributed by atoms with Crippen LogP contribution in [0.4, 0.5) is 4.79 Å². The Morgan fingerprint density at radius 2 is 1.76 bits per heavy atom. The smallest absolute Gasteiger partial charge is 0.315 e. The molecule has 2 amide bonds. The largest absolute Gasteiger partial charge is 0.388 e. The maximum absolute atomic E-state index is 11.9. The van der Waals surface area contributed by atoms with Crippen molar-refractivity contribution in [1.82, 2.24) is 15.5 Å². The molecule has 3 aliphatic rings. The van der Waals surface area contributed by atoms with Crippen LogP contribution in [-0.2, 0) is 0 Å². The molecule has 2 saturated carbocycles. The van der Waals surface area contributed by atoms with E-state index < -0.39 is 5.60 Å². The Balaban J connectivity index is 1.33. The molecule has 0 spiro atoms. The van der Waals surface area contributed by atoms with E-state index in [1.807, 2.05) is 0 Å². The third-order valence-corrected chi connectivity index (χ3v) is 5.57. The van der Waals surface area contributed by atoms with Gasteiger partial charge in [0.25, 0.3) is 0 Å². The summed E-state index contributed by atoms with van der Waals surface area (Å²) < 4.78 is 0. The van der Waals surface area contributed by atoms with Crippen molar-refractivity contribution in [1.29, 1.82) is 0 Å². The van der Waals surface area contributed by atoms with Gasteiger partial charge in [0, 0.05) is 31.7 Å². The molecule has 0 bridgehead atoms. The molecule has 0 aromatic carbocycles. The zero-order valence-electron chi connectivity index (χ0n) is 12.9. The highest BCUT2D eigenvalue weighted by Crippen LogP contribution is 2.30. The number of carbonyl (C=O) groups excluding carboxylic acids is 1. The van der Waals surface area contributed by atoms with Gasteiger partial charge in [-0.15, -0.1) is 0 Å². The second-order valence-corrected chi connectivity index (χ2v) is 7.15. The fourth-order valence-corrected chi connectivity index (χ4v) is 3.92. The summed E-state index contributed by atoms with van der Waals surface area (Å²) in [5.41, 5.74) is -0.636. The molecular weight excluding hydrogens is 266 g/mol. The summed E-state index contributed by atoms with van der Waals surface area (Å²) in [7, 11) is 0. The molecule has 3 rings (SSSR count). The predicted molar refractivity (Wildman–Crippen MR) is 82.2 cm³/mol. The third kappa shape index (κ3) is 3.89. The fraction of sp³-hybridized carbons (Fsp3) is 0.938. The predicted octanol–water partition coefficient (Wildman–Crippen LogP) is 1.61. The monoisotopic (exact) mass is 295 g/mol. The molecule has 0 aromatic heterocycles. The van der Waals surface area contributed by atoms with Crippen molar-refractivity contribution < 1.29 is 9.90 Å². The lowest BCUT2D eigenvalue weighted by molar-refractivity contribution is -0.0291. The van der Waals surface area contributed by atoms with Crippen LogP contribution in [-0.4, -0.2) is 53.4 Å². The van der Waals surface area contributed by atoms with E-state index in [9.17, 15) is 9.90 Å². The molecular formula is C16H29N3O2. The number of urea groups is 1. The van der Waals surface area contributed by atoms with Gasteiger partial charge in [-0.05, 0) is 44.9 Å². The number of carbonyl (C=O) groups is 1. The van der Waals surface area contributed by atoms with Crippen LogP contribution in [0.3, 0.4) is 0 Å². The molecule has 21 heavy (non-hydrogen) atoms. The van der Waals surface area contributed by atoms with Gasteiger partial charge in [-0.25, -0.2) is 4.79 Å². The highest BCUT2D eigenvalue weighted by molar-refractivity contribution is 5.74. The topological polar surface area (TPSA) is 64.6 Å². The van der Waals surface area contributed by atoms with Gasteiger partial charge in [0.1, 0.15) is 0 Å². The van der Waals surface area contributed by atoms with Crippen LogP contribution in [0.5, 0.6) is 0 Å². The minimum absolute atomic E-state index is 0.116. The Labute approximate surface area is 127 Å². The van der Waals surface area contributed by atoms with Gasteiger partial charge in [-0.1, -0.05) is 12.8 Å². The van der Waals surface area contributed by atoms with E-state index in [-0.39, 0.29) is 6.03 Å². The number of nitrogens with one attached hydrogen (secondary N) is 2. The van der Waals surface area contributed by atoms with E-state index in [1.165, 1.54) is 25.7 Å². The Morgan fingerprint density at radius 1 is 1.10 bits per heavy atom. The molecule has 0 aromatic rings. The number of nitrogens with zero attached hydrogens (tertiary/aromatic N) is 1. The molecule has 0 unspecified atom stereocenters. The first-order valence-electron chi connectivity index (χ1n) is 8.65. The SMILES string of the molecule is O=C(NCC1(O)CCC1)NC1CCN(C2CCCC2)CC1. The van der Waals surface area contributed by atoms with E-state index in [4.69, 9.17) is 0 Å². The number of rotatable bonds is 4. The summed E-state index contributed by atoms with van der Waals surface area (Å²) in [4.78, 5) is 14.5. The van der Waals surface area contributed by atoms with Crippen molar-refractivity contribution >= 4 is 6.03 Å². The second-order valence-electron chi connectivity index (χ2n) is 7.15. The summed E-state index contributed by atoms with van der Waals surface area (Å²) in [6, 6.07) is 0.973. The number of aliphatic hydroxyl groups is 1. The van der Waals surface area contributed by atoms with Gasteiger partial charge in [-0.2, -0.15) is 0 Å². The van der Waals surface area contributed by atoms with Crippen molar-refractivity contribution in [3.63, 3.8) is 0 Å². The number of amides is 2. The van der Waals surface area contributed by atoms with Crippen molar-refractivity contribution in [2.45, 2.75) is 75.5 Å². The number of piperidine rings is 1. The Kier molecular flexibility index (Phi) is 4.69. The molecule has 120 valence electrons. The lowest BCUT2D eigenvalue weighted by Gasteiger charge is -2.38. The van der Waals surface area contributed by atoms with Crippen molar-refractivity contribution in [3.05, 3.63) is 0 Å². The van der Waals surface area contributed by atoms with Crippen molar-refractivity contribution in [2.75, 3.05) is 19.6 Å². The summed E-state index contributed by atoms with van der Waals surface area (Å²) in [6.45, 7) is 2.61. The van der Waals surface area contributed by atoms with Crippen LogP contribution in [0.15, 0.2) is 0 Å². The van der Waals surface area contributed by atoms with Gasteiger partial charge in [0.2, 0.25) is 0 Å². The molecule has 5 nitrogen and oxygen atoms in total. The van der Waals surface area contributed by atoms with Gasteiger partial charge < -0.3 is 20.6 Å². The molecule has 3 fully saturated rings. The van der Waals surface area contributed by atoms with Crippen LogP contribution in [0.2, 0.25) is 0 Å². The molecule has 1 aliphatic heterocycles. The third-order valence-electron chi connectivity index (χ3n) is 5.57. The van der Waals surface area contributed by atoms with Gasteiger partial charge >= 0.3 is 6.03 Å². The van der Waals surface area contributed by atoms with Gasteiger partial charge in [0.15, 0.2) is 0 Å². The zero-order chi connectivity index (χ0) is 14.7. The van der Waals surface area contributed by atoms with E-state index in [1.54, 1.807) is 0 Å². The second kappa shape index (κ2) is 6.53. The molecule has 1 heterocycles. The number of likely N-dealkylation sites (tertiary alicyclic amines) is 1. The number of hydrogen-bond donors (Lipinski definition) is 3. The van der Waals surface area contributed by atoms with E-state index in [0.717, 1.165) is 51.2 Å². The van der Waals surface area contributed by atoms with Crippen molar-refractivity contribution in [2.24, 2.45) is 0 Å². The van der Waals surface area contributed by atoms with Crippen LogP contribution >= 0.6 is 0 Å². The van der Waals surface area contributed by atoms with Gasteiger partial charge in [0.05, 0.1) is 5.60 Å². The summed E-state index contributed by atoms with van der Waals surface area (Å²) in [6.07, 6.45) is 10.3. The molecule has 0 atom stereocenters. The average Bonchev–Trinajstić information content (AvgIpc) is 2.98. The quantitative estimate of drug-likeness (QED) is 0.738. The Morgan fingerprint density at radius 3 is 2.33 bits per heavy atom. The lowest BCUT2D eigenvalue weighted by atomic mass is 9.80. The first kappa shape index (κ1) is 15.1. The molecule has 0 radical (unpaired) electrons. The summed E-state index contributed by atoms with van der Waals surface area (Å²) in [5.74, 6) is 0. The van der Waals surface area contributed by atoms with Crippen molar-refractivity contribution in [3.8, 4) is 0 Å². The van der Waals surface area contributed by atoms with Crippen LogP contribution in [0.25, 0.3) is 0 Å². The van der Waals surface area contributed by atoms with E-state index in [0.29, 0.717) is 12.6 Å². The minimum Gasteiger partial charge on any atom is -0.388 e. The lowest BCUT2D eigenvalue weighted by Crippen LogP contribution is -2.53. The van der Waals surface area contributed by atoms with Crippen LogP contribution in [0, 0.1) is 0 Å². The fourth-order valence-electron chi connectivity index (χ4n) is 3.92. The molecule has 5 heteroatoms. The normalized spacial score (nSPS) is 27.3. The minimum atomic E-state index is -0.636. The average molecular weight is 295 g/mol. The van der Waals surface area contributed by atoms with E-state index >= 15 is 0 Å². The Bertz CT molecular complexity index is 357. The van der Waals surface area contributed by atoms with E-state index in [2.05, 4.69) is 15.5 Å². The van der Waals surface area contributed by atoms with Crippen LogP contribution < -0.4 is 10.6 Å². The maximum atomic E-state index is 11.9. The molecule has 3 N–H and O–H groups in total. The number of hydrogen-bond acceptors (Lipinski definition) is 3. The summed E-state index contributed by atoms with van der Waals surface area (Å²) >= 11 is 0. The zero-order valence-corrected chi connectivity index (χ0v) is 12.9. The first-order chi connectivity index (χ1) is 10.1. The van der Waals surface area contributed by atoms with Crippen LogP contribution in [0.1, 0.15) is 57.8 Å². The standard InChI is InChI=1S/C16H29N3O2/c20-15(17-12-16(21)8-3-9-16)18-13-6-10-19(11-7-13)14-4-1-2-5-14/h13-14,21H,1-12H2,(H2,17,18,20).